The number of rotatable bonds is 2. The molecule has 0 heterocycles. The van der Waals surface area contributed by atoms with Gasteiger partial charge in [0.25, 0.3) is 0 Å². The van der Waals surface area contributed by atoms with Gasteiger partial charge in [-0.2, -0.15) is 0 Å². The normalized spacial score (nSPS) is 28.0. The summed E-state index contributed by atoms with van der Waals surface area (Å²) in [4.78, 5) is 0. The highest BCUT2D eigenvalue weighted by Gasteiger charge is 2.38. The molecule has 1 nitrogen and oxygen atoms in total. The van der Waals surface area contributed by atoms with Crippen molar-refractivity contribution in [2.45, 2.75) is 25.9 Å². The van der Waals surface area contributed by atoms with Crippen LogP contribution < -0.4 is 0 Å². The summed E-state index contributed by atoms with van der Waals surface area (Å²) in [5, 5.41) is 10.6. The molecule has 0 aliphatic heterocycles. The number of aryl methyl sites for hydroxylation is 1. The third-order valence-electron chi connectivity index (χ3n) is 4.85. The van der Waals surface area contributed by atoms with Crippen molar-refractivity contribution in [1.82, 2.24) is 0 Å². The monoisotopic (exact) mass is 278 g/mol. The number of allylic oxidation sites excluding steroid dienone is 1. The van der Waals surface area contributed by atoms with Gasteiger partial charge in [0.15, 0.2) is 0 Å². The summed E-state index contributed by atoms with van der Waals surface area (Å²) in [7, 11) is 0. The Bertz CT molecular complexity index is 641. The Morgan fingerprint density at radius 2 is 1.62 bits per heavy atom. The third kappa shape index (κ3) is 2.32. The highest BCUT2D eigenvalue weighted by Crippen LogP contribution is 2.48. The molecule has 0 saturated carbocycles. The van der Waals surface area contributed by atoms with Gasteiger partial charge in [0.2, 0.25) is 0 Å². The molecule has 1 N–H and O–H groups in total. The van der Waals surface area contributed by atoms with Crippen LogP contribution in [0.3, 0.4) is 0 Å². The molecule has 1 heteroatoms. The van der Waals surface area contributed by atoms with Gasteiger partial charge in [0.1, 0.15) is 0 Å². The van der Waals surface area contributed by atoms with E-state index in [4.69, 9.17) is 0 Å². The highest BCUT2D eigenvalue weighted by atomic mass is 16.3. The van der Waals surface area contributed by atoms with Crippen molar-refractivity contribution in [1.29, 1.82) is 0 Å². The minimum atomic E-state index is -0.411. The number of fused-ring (bicyclic) bond motifs is 1. The first kappa shape index (κ1) is 14.1. The summed E-state index contributed by atoms with van der Waals surface area (Å²) in [6, 6.07) is 17.0. The lowest BCUT2D eigenvalue weighted by molar-refractivity contribution is 0.0775. The molecule has 0 spiro atoms. The number of benzene rings is 2. The van der Waals surface area contributed by atoms with Gasteiger partial charge in [0.05, 0.1) is 6.10 Å². The first-order chi connectivity index (χ1) is 10.1. The van der Waals surface area contributed by atoms with Crippen LogP contribution in [0.2, 0.25) is 0 Å². The summed E-state index contributed by atoms with van der Waals surface area (Å²) in [5.41, 5.74) is 4.87. The van der Waals surface area contributed by atoms with Crippen molar-refractivity contribution >= 4 is 0 Å². The molecule has 0 fully saturated rings. The fourth-order valence-corrected chi connectivity index (χ4v) is 3.59. The maximum Gasteiger partial charge on any atom is 0.0824 e. The quantitative estimate of drug-likeness (QED) is 0.795. The van der Waals surface area contributed by atoms with Crippen LogP contribution in [0.4, 0.5) is 0 Å². The Morgan fingerprint density at radius 3 is 2.24 bits per heavy atom. The van der Waals surface area contributed by atoms with E-state index >= 15 is 0 Å². The second-order valence-electron chi connectivity index (χ2n) is 6.13. The summed E-state index contributed by atoms with van der Waals surface area (Å²) in [6.45, 7) is 8.25. The molecule has 0 radical (unpaired) electrons. The van der Waals surface area contributed by atoms with E-state index in [1.807, 2.05) is 12.1 Å². The Balaban J connectivity index is 2.17. The minimum Gasteiger partial charge on any atom is -0.388 e. The third-order valence-corrected chi connectivity index (χ3v) is 4.85. The molecule has 3 rings (SSSR count). The standard InChI is InChI=1S/C20H22O/c1-4-16-14(3)20(21)18-8-6-5-7-17(18)19(16)15-11-9-13(2)10-12-15/h4-12,14,16,19-21H,1H2,2-3H3/t14-,16+,19-,20-/m0/s1. The SMILES string of the molecule is C=C[C@H]1[C@H](c2ccc(C)cc2)c2ccccc2[C@@H](O)[C@H]1C. The van der Waals surface area contributed by atoms with Crippen LogP contribution in [-0.2, 0) is 0 Å². The largest absolute Gasteiger partial charge is 0.388 e. The Labute approximate surface area is 127 Å². The summed E-state index contributed by atoms with van der Waals surface area (Å²) in [6.07, 6.45) is 1.60. The molecule has 2 aromatic carbocycles. The average Bonchev–Trinajstić information content (AvgIpc) is 2.52. The van der Waals surface area contributed by atoms with Gasteiger partial charge in [-0.05, 0) is 35.4 Å². The number of aliphatic hydroxyl groups excluding tert-OH is 1. The molecule has 0 aromatic heterocycles. The van der Waals surface area contributed by atoms with Crippen molar-refractivity contribution in [2.75, 3.05) is 0 Å². The second kappa shape index (κ2) is 5.50. The van der Waals surface area contributed by atoms with Crippen LogP contribution >= 0.6 is 0 Å². The summed E-state index contributed by atoms with van der Waals surface area (Å²) >= 11 is 0. The predicted octanol–water partition coefficient (Wildman–Crippen LogP) is 4.61. The molecule has 21 heavy (non-hydrogen) atoms. The van der Waals surface area contributed by atoms with Crippen molar-refractivity contribution in [2.24, 2.45) is 11.8 Å². The zero-order valence-electron chi connectivity index (χ0n) is 12.7. The van der Waals surface area contributed by atoms with E-state index in [9.17, 15) is 5.11 Å². The topological polar surface area (TPSA) is 20.2 Å². The van der Waals surface area contributed by atoms with Gasteiger partial charge in [-0.25, -0.2) is 0 Å². The first-order valence-corrected chi connectivity index (χ1v) is 7.59. The van der Waals surface area contributed by atoms with Crippen LogP contribution in [0, 0.1) is 18.8 Å². The lowest BCUT2D eigenvalue weighted by Crippen LogP contribution is -2.31. The van der Waals surface area contributed by atoms with Crippen LogP contribution in [0.5, 0.6) is 0 Å². The maximum atomic E-state index is 10.6. The molecular weight excluding hydrogens is 256 g/mol. The molecular formula is C20H22O. The smallest absolute Gasteiger partial charge is 0.0824 e. The molecule has 0 saturated heterocycles. The highest BCUT2D eigenvalue weighted by molar-refractivity contribution is 5.44. The van der Waals surface area contributed by atoms with Gasteiger partial charge in [-0.1, -0.05) is 67.1 Å². The van der Waals surface area contributed by atoms with Gasteiger partial charge in [-0.3, -0.25) is 0 Å². The van der Waals surface area contributed by atoms with E-state index in [1.54, 1.807) is 0 Å². The van der Waals surface area contributed by atoms with Crippen LogP contribution in [0.15, 0.2) is 61.2 Å². The predicted molar refractivity (Wildman–Crippen MR) is 87.3 cm³/mol. The molecule has 1 aliphatic rings. The molecule has 4 atom stereocenters. The van der Waals surface area contributed by atoms with E-state index < -0.39 is 6.10 Å². The fourth-order valence-electron chi connectivity index (χ4n) is 3.59. The lowest BCUT2D eigenvalue weighted by atomic mass is 9.66. The van der Waals surface area contributed by atoms with E-state index in [-0.39, 0.29) is 17.8 Å². The second-order valence-corrected chi connectivity index (χ2v) is 6.13. The van der Waals surface area contributed by atoms with Gasteiger partial charge in [-0.15, -0.1) is 6.58 Å². The van der Waals surface area contributed by atoms with Crippen molar-refractivity contribution in [3.05, 3.63) is 83.4 Å². The molecule has 0 bridgehead atoms. The molecule has 1 aliphatic carbocycles. The van der Waals surface area contributed by atoms with Crippen molar-refractivity contribution in [3.63, 3.8) is 0 Å². The summed E-state index contributed by atoms with van der Waals surface area (Å²) in [5.74, 6) is 0.694. The van der Waals surface area contributed by atoms with Gasteiger partial charge in [0, 0.05) is 5.92 Å². The molecule has 0 unspecified atom stereocenters. The van der Waals surface area contributed by atoms with Crippen LogP contribution in [-0.4, -0.2) is 5.11 Å². The van der Waals surface area contributed by atoms with E-state index in [0.29, 0.717) is 0 Å². The Morgan fingerprint density at radius 1 is 1.00 bits per heavy atom. The zero-order valence-corrected chi connectivity index (χ0v) is 12.7. The van der Waals surface area contributed by atoms with Crippen LogP contribution in [0.25, 0.3) is 0 Å². The van der Waals surface area contributed by atoms with E-state index in [0.717, 1.165) is 5.56 Å². The number of aliphatic hydroxyl groups is 1. The minimum absolute atomic E-state index is 0.170. The molecule has 0 amide bonds. The van der Waals surface area contributed by atoms with Crippen molar-refractivity contribution in [3.8, 4) is 0 Å². The molecule has 108 valence electrons. The van der Waals surface area contributed by atoms with Crippen LogP contribution in [0.1, 0.15) is 41.2 Å². The fraction of sp³-hybridized carbons (Fsp3) is 0.300. The average molecular weight is 278 g/mol. The van der Waals surface area contributed by atoms with Gasteiger partial charge < -0.3 is 5.11 Å². The number of hydrogen-bond donors (Lipinski definition) is 1. The summed E-state index contributed by atoms with van der Waals surface area (Å²) < 4.78 is 0. The molecule has 2 aromatic rings. The van der Waals surface area contributed by atoms with Crippen molar-refractivity contribution < 1.29 is 5.11 Å². The maximum absolute atomic E-state index is 10.6. The van der Waals surface area contributed by atoms with E-state index in [2.05, 4.69) is 62.9 Å². The first-order valence-electron chi connectivity index (χ1n) is 7.59. The van der Waals surface area contributed by atoms with Gasteiger partial charge >= 0.3 is 0 Å². The van der Waals surface area contributed by atoms with E-state index in [1.165, 1.54) is 16.7 Å². The Hall–Kier alpha value is -1.86. The Kier molecular flexibility index (Phi) is 3.69. The number of hydrogen-bond acceptors (Lipinski definition) is 1. The zero-order chi connectivity index (χ0) is 15.0. The lowest BCUT2D eigenvalue weighted by Gasteiger charge is -2.40.